The van der Waals surface area contributed by atoms with Gasteiger partial charge >= 0.3 is 5.97 Å². The van der Waals surface area contributed by atoms with Crippen molar-refractivity contribution in [2.24, 2.45) is 0 Å². The van der Waals surface area contributed by atoms with Crippen LogP contribution in [0.1, 0.15) is 77.6 Å². The Morgan fingerprint density at radius 1 is 0.850 bits per heavy atom. The van der Waals surface area contributed by atoms with Gasteiger partial charge in [0.05, 0.1) is 0 Å². The van der Waals surface area contributed by atoms with Gasteiger partial charge in [0, 0.05) is 19.4 Å². The number of aliphatic carboxylic acids is 1. The SMILES string of the molecule is CCCCCCCCC(=O)NCCCCCC(=O)O.Cl. The number of nitrogens with one attached hydrogen (secondary N) is 1. The summed E-state index contributed by atoms with van der Waals surface area (Å²) in [5.74, 6) is -0.610. The molecule has 20 heavy (non-hydrogen) atoms. The van der Waals surface area contributed by atoms with Crippen LogP contribution in [0.5, 0.6) is 0 Å². The number of hydrogen-bond acceptors (Lipinski definition) is 2. The maximum absolute atomic E-state index is 11.5. The number of halogens is 1. The van der Waals surface area contributed by atoms with Crippen LogP contribution in [0.3, 0.4) is 0 Å². The summed E-state index contributed by atoms with van der Waals surface area (Å²) in [6, 6.07) is 0. The number of carboxylic acid groups (broad SMARTS) is 1. The van der Waals surface area contributed by atoms with Crippen LogP contribution < -0.4 is 5.32 Å². The fraction of sp³-hybridized carbons (Fsp3) is 0.867. The lowest BCUT2D eigenvalue weighted by atomic mass is 10.1. The zero-order chi connectivity index (χ0) is 14.3. The molecule has 0 saturated heterocycles. The Hall–Kier alpha value is -0.770. The molecule has 0 spiro atoms. The van der Waals surface area contributed by atoms with Crippen LogP contribution >= 0.6 is 12.4 Å². The second-order valence-corrected chi connectivity index (χ2v) is 5.07. The molecule has 0 bridgehead atoms. The Morgan fingerprint density at radius 3 is 2.05 bits per heavy atom. The first-order valence-electron chi connectivity index (χ1n) is 7.65. The zero-order valence-corrected chi connectivity index (χ0v) is 13.5. The quantitative estimate of drug-likeness (QED) is 0.507. The van der Waals surface area contributed by atoms with E-state index in [-0.39, 0.29) is 24.7 Å². The molecule has 120 valence electrons. The standard InChI is InChI=1S/C15H29NO3.ClH/c1-2-3-4-5-6-8-11-14(17)16-13-10-7-9-12-15(18)19;/h2-13H2,1H3,(H,16,17)(H,18,19);1H. The molecule has 0 atom stereocenters. The van der Waals surface area contributed by atoms with E-state index in [4.69, 9.17) is 5.11 Å². The Bertz CT molecular complexity index is 247. The van der Waals surface area contributed by atoms with Crippen LogP contribution in [-0.2, 0) is 9.59 Å². The first-order chi connectivity index (χ1) is 9.16. The van der Waals surface area contributed by atoms with Gasteiger partial charge in [-0.3, -0.25) is 9.59 Å². The van der Waals surface area contributed by atoms with Crippen molar-refractivity contribution in [2.45, 2.75) is 77.6 Å². The van der Waals surface area contributed by atoms with Crippen LogP contribution in [-0.4, -0.2) is 23.5 Å². The van der Waals surface area contributed by atoms with E-state index in [0.29, 0.717) is 19.4 Å². The number of carbonyl (C=O) groups is 2. The predicted molar refractivity (Wildman–Crippen MR) is 84.4 cm³/mol. The second-order valence-electron chi connectivity index (χ2n) is 5.07. The molecule has 2 N–H and O–H groups in total. The molecule has 4 nitrogen and oxygen atoms in total. The van der Waals surface area contributed by atoms with E-state index in [0.717, 1.165) is 25.7 Å². The highest BCUT2D eigenvalue weighted by molar-refractivity contribution is 5.85. The molecule has 0 aliphatic heterocycles. The summed E-state index contributed by atoms with van der Waals surface area (Å²) in [4.78, 5) is 21.8. The minimum atomic E-state index is -0.743. The summed E-state index contributed by atoms with van der Waals surface area (Å²) in [5, 5.41) is 11.3. The molecule has 0 rings (SSSR count). The monoisotopic (exact) mass is 307 g/mol. The van der Waals surface area contributed by atoms with E-state index in [1.54, 1.807) is 0 Å². The Labute approximate surface area is 129 Å². The molecule has 0 aliphatic rings. The van der Waals surface area contributed by atoms with Crippen molar-refractivity contribution in [3.8, 4) is 0 Å². The van der Waals surface area contributed by atoms with Gasteiger partial charge in [0.15, 0.2) is 0 Å². The maximum Gasteiger partial charge on any atom is 0.303 e. The lowest BCUT2D eigenvalue weighted by molar-refractivity contribution is -0.137. The summed E-state index contributed by atoms with van der Waals surface area (Å²) in [7, 11) is 0. The minimum absolute atomic E-state index is 0. The smallest absolute Gasteiger partial charge is 0.303 e. The molecule has 0 unspecified atom stereocenters. The highest BCUT2D eigenvalue weighted by Gasteiger charge is 2.01. The predicted octanol–water partition coefficient (Wildman–Crippen LogP) is 3.92. The van der Waals surface area contributed by atoms with Crippen molar-refractivity contribution in [2.75, 3.05) is 6.54 Å². The van der Waals surface area contributed by atoms with Gasteiger partial charge in [-0.25, -0.2) is 0 Å². The average Bonchev–Trinajstić information content (AvgIpc) is 2.37. The molecule has 0 radical (unpaired) electrons. The molecule has 5 heteroatoms. The van der Waals surface area contributed by atoms with Gasteiger partial charge in [-0.15, -0.1) is 12.4 Å². The highest BCUT2D eigenvalue weighted by Crippen LogP contribution is 2.06. The van der Waals surface area contributed by atoms with Gasteiger partial charge in [-0.1, -0.05) is 45.4 Å². The molecule has 0 aromatic heterocycles. The van der Waals surface area contributed by atoms with Crippen molar-refractivity contribution in [1.29, 1.82) is 0 Å². The van der Waals surface area contributed by atoms with Gasteiger partial charge in [0.25, 0.3) is 0 Å². The first kappa shape index (κ1) is 21.5. The van der Waals surface area contributed by atoms with Crippen LogP contribution in [0.25, 0.3) is 0 Å². The lowest BCUT2D eigenvalue weighted by Crippen LogP contribution is -2.23. The van der Waals surface area contributed by atoms with Crippen molar-refractivity contribution in [3.05, 3.63) is 0 Å². The Morgan fingerprint density at radius 2 is 1.40 bits per heavy atom. The van der Waals surface area contributed by atoms with Crippen LogP contribution in [0, 0.1) is 0 Å². The topological polar surface area (TPSA) is 66.4 Å². The molecular weight excluding hydrogens is 278 g/mol. The van der Waals surface area contributed by atoms with Gasteiger partial charge < -0.3 is 10.4 Å². The van der Waals surface area contributed by atoms with Crippen molar-refractivity contribution >= 4 is 24.3 Å². The number of amides is 1. The third-order valence-corrected chi connectivity index (χ3v) is 3.15. The summed E-state index contributed by atoms with van der Waals surface area (Å²) >= 11 is 0. The number of hydrogen-bond donors (Lipinski definition) is 2. The fourth-order valence-electron chi connectivity index (χ4n) is 1.96. The van der Waals surface area contributed by atoms with Crippen molar-refractivity contribution < 1.29 is 14.7 Å². The van der Waals surface area contributed by atoms with E-state index in [1.807, 2.05) is 0 Å². The lowest BCUT2D eigenvalue weighted by Gasteiger charge is -2.05. The maximum atomic E-state index is 11.5. The van der Waals surface area contributed by atoms with Crippen molar-refractivity contribution in [3.63, 3.8) is 0 Å². The Kier molecular flexibility index (Phi) is 17.5. The minimum Gasteiger partial charge on any atom is -0.481 e. The summed E-state index contributed by atoms with van der Waals surface area (Å²) in [6.07, 6.45) is 10.5. The van der Waals surface area contributed by atoms with E-state index >= 15 is 0 Å². The zero-order valence-electron chi connectivity index (χ0n) is 12.7. The number of carbonyl (C=O) groups excluding carboxylic acids is 1. The average molecular weight is 308 g/mol. The molecule has 1 amide bonds. The van der Waals surface area contributed by atoms with E-state index in [9.17, 15) is 9.59 Å². The van der Waals surface area contributed by atoms with Crippen LogP contribution in [0.15, 0.2) is 0 Å². The largest absolute Gasteiger partial charge is 0.481 e. The third kappa shape index (κ3) is 17.2. The molecule has 0 aliphatic carbocycles. The number of carboxylic acids is 1. The summed E-state index contributed by atoms with van der Waals surface area (Å²) in [6.45, 7) is 2.87. The molecular formula is C15H30ClNO3. The Balaban J connectivity index is 0. The molecule has 0 saturated carbocycles. The van der Waals surface area contributed by atoms with Crippen LogP contribution in [0.2, 0.25) is 0 Å². The van der Waals surface area contributed by atoms with E-state index in [2.05, 4.69) is 12.2 Å². The molecule has 0 fully saturated rings. The van der Waals surface area contributed by atoms with E-state index in [1.165, 1.54) is 25.7 Å². The van der Waals surface area contributed by atoms with Gasteiger partial charge in [-0.05, 0) is 19.3 Å². The molecule has 0 aromatic carbocycles. The van der Waals surface area contributed by atoms with E-state index < -0.39 is 5.97 Å². The normalized spacial score (nSPS) is 9.85. The summed E-state index contributed by atoms with van der Waals surface area (Å²) < 4.78 is 0. The number of unbranched alkanes of at least 4 members (excludes halogenated alkanes) is 7. The molecule has 0 heterocycles. The fourth-order valence-corrected chi connectivity index (χ4v) is 1.96. The third-order valence-electron chi connectivity index (χ3n) is 3.15. The summed E-state index contributed by atoms with van der Waals surface area (Å²) in [5.41, 5.74) is 0. The molecule has 0 aromatic rings. The highest BCUT2D eigenvalue weighted by atomic mass is 35.5. The second kappa shape index (κ2) is 16.3. The van der Waals surface area contributed by atoms with Gasteiger partial charge in [-0.2, -0.15) is 0 Å². The van der Waals surface area contributed by atoms with Crippen molar-refractivity contribution in [1.82, 2.24) is 5.32 Å². The first-order valence-corrected chi connectivity index (χ1v) is 7.65. The van der Waals surface area contributed by atoms with Gasteiger partial charge in [0.1, 0.15) is 0 Å². The van der Waals surface area contributed by atoms with Crippen LogP contribution in [0.4, 0.5) is 0 Å². The number of rotatable bonds is 13. The van der Waals surface area contributed by atoms with Gasteiger partial charge in [0.2, 0.25) is 5.91 Å².